The molecule has 1 aromatic rings. The molecule has 1 aromatic carbocycles. The van der Waals surface area contributed by atoms with Crippen LogP contribution in [0.15, 0.2) is 29.3 Å². The van der Waals surface area contributed by atoms with E-state index in [-0.39, 0.29) is 23.0 Å². The highest BCUT2D eigenvalue weighted by Gasteiger charge is 2.28. The van der Waals surface area contributed by atoms with E-state index in [2.05, 4.69) is 42.5 Å². The number of benzene rings is 1. The minimum atomic E-state index is -2.90. The van der Waals surface area contributed by atoms with Gasteiger partial charge in [0.1, 0.15) is 12.4 Å². The Labute approximate surface area is 151 Å². The molecule has 6 nitrogen and oxygen atoms in total. The van der Waals surface area contributed by atoms with Crippen LogP contribution in [-0.4, -0.2) is 52.1 Å². The summed E-state index contributed by atoms with van der Waals surface area (Å²) in [6, 6.07) is 7.99. The molecule has 0 amide bonds. The maximum atomic E-state index is 11.5. The fraction of sp³-hybridized carbons (Fsp3) is 0.611. The van der Waals surface area contributed by atoms with Gasteiger partial charge in [-0.2, -0.15) is 0 Å². The van der Waals surface area contributed by atoms with Gasteiger partial charge in [-0.15, -0.1) is 0 Å². The third-order valence-electron chi connectivity index (χ3n) is 4.14. The fourth-order valence-corrected chi connectivity index (χ4v) is 4.51. The minimum absolute atomic E-state index is 0.0234. The van der Waals surface area contributed by atoms with Gasteiger partial charge in [0.05, 0.1) is 18.1 Å². The van der Waals surface area contributed by atoms with Crippen LogP contribution in [0.4, 0.5) is 0 Å². The van der Waals surface area contributed by atoms with Gasteiger partial charge in [-0.3, -0.25) is 4.99 Å². The molecule has 0 saturated carbocycles. The van der Waals surface area contributed by atoms with Crippen molar-refractivity contribution in [2.24, 2.45) is 4.99 Å². The first-order valence-electron chi connectivity index (χ1n) is 8.61. The average molecular weight is 368 g/mol. The SMILES string of the molecule is CN=C(NCCOc1ccccc1C(C)(C)C)NC1CCS(=O)(=O)C1. The van der Waals surface area contributed by atoms with E-state index in [4.69, 9.17) is 4.74 Å². The van der Waals surface area contributed by atoms with E-state index in [0.717, 1.165) is 5.75 Å². The van der Waals surface area contributed by atoms with Crippen molar-refractivity contribution < 1.29 is 13.2 Å². The van der Waals surface area contributed by atoms with Crippen LogP contribution in [0, 0.1) is 0 Å². The minimum Gasteiger partial charge on any atom is -0.491 e. The van der Waals surface area contributed by atoms with Crippen LogP contribution in [0.5, 0.6) is 5.75 Å². The van der Waals surface area contributed by atoms with E-state index in [9.17, 15) is 8.42 Å². The molecule has 0 radical (unpaired) electrons. The predicted molar refractivity (Wildman–Crippen MR) is 102 cm³/mol. The highest BCUT2D eigenvalue weighted by Crippen LogP contribution is 2.30. The van der Waals surface area contributed by atoms with Crippen molar-refractivity contribution in [1.82, 2.24) is 10.6 Å². The zero-order valence-electron chi connectivity index (χ0n) is 15.5. The van der Waals surface area contributed by atoms with Crippen molar-refractivity contribution in [2.75, 3.05) is 31.7 Å². The third-order valence-corrected chi connectivity index (χ3v) is 5.91. The van der Waals surface area contributed by atoms with Gasteiger partial charge in [0, 0.05) is 13.1 Å². The first-order valence-corrected chi connectivity index (χ1v) is 10.4. The van der Waals surface area contributed by atoms with Crippen LogP contribution >= 0.6 is 0 Å². The second-order valence-electron chi connectivity index (χ2n) is 7.34. The maximum absolute atomic E-state index is 11.5. The molecular weight excluding hydrogens is 338 g/mol. The third kappa shape index (κ3) is 5.92. The Morgan fingerprint density at radius 2 is 2.04 bits per heavy atom. The van der Waals surface area contributed by atoms with Crippen LogP contribution < -0.4 is 15.4 Å². The summed E-state index contributed by atoms with van der Waals surface area (Å²) in [5.74, 6) is 1.91. The number of guanidine groups is 1. The number of rotatable bonds is 5. The number of ether oxygens (including phenoxy) is 1. The molecule has 1 heterocycles. The number of nitrogens with one attached hydrogen (secondary N) is 2. The lowest BCUT2D eigenvalue weighted by atomic mass is 9.86. The molecule has 1 unspecified atom stereocenters. The summed E-state index contributed by atoms with van der Waals surface area (Å²) < 4.78 is 29.0. The molecule has 0 bridgehead atoms. The lowest BCUT2D eigenvalue weighted by molar-refractivity contribution is 0.313. The second-order valence-corrected chi connectivity index (χ2v) is 9.57. The molecule has 0 spiro atoms. The van der Waals surface area contributed by atoms with Crippen LogP contribution in [0.3, 0.4) is 0 Å². The van der Waals surface area contributed by atoms with Crippen molar-refractivity contribution in [2.45, 2.75) is 38.6 Å². The van der Waals surface area contributed by atoms with Crippen LogP contribution in [-0.2, 0) is 15.3 Å². The number of para-hydroxylation sites is 1. The number of hydrogen-bond donors (Lipinski definition) is 2. The summed E-state index contributed by atoms with van der Waals surface area (Å²) in [6.45, 7) is 7.56. The molecule has 0 aromatic heterocycles. The van der Waals surface area contributed by atoms with E-state index in [1.807, 2.05) is 18.2 Å². The lowest BCUT2D eigenvalue weighted by Gasteiger charge is -2.23. The largest absolute Gasteiger partial charge is 0.491 e. The number of aliphatic imine (C=N–C) groups is 1. The van der Waals surface area contributed by atoms with E-state index < -0.39 is 9.84 Å². The molecule has 1 saturated heterocycles. The Hall–Kier alpha value is -1.76. The Kier molecular flexibility index (Phi) is 6.32. The van der Waals surface area contributed by atoms with Gasteiger partial charge in [-0.05, 0) is 23.5 Å². The number of hydrogen-bond acceptors (Lipinski definition) is 4. The molecule has 1 atom stereocenters. The Bertz CT molecular complexity index is 709. The molecule has 140 valence electrons. The van der Waals surface area contributed by atoms with Gasteiger partial charge < -0.3 is 15.4 Å². The van der Waals surface area contributed by atoms with E-state index in [1.165, 1.54) is 5.56 Å². The molecule has 0 aliphatic carbocycles. The van der Waals surface area contributed by atoms with Crippen LogP contribution in [0.25, 0.3) is 0 Å². The quantitative estimate of drug-likeness (QED) is 0.471. The predicted octanol–water partition coefficient (Wildman–Crippen LogP) is 1.72. The van der Waals surface area contributed by atoms with Gasteiger partial charge in [0.2, 0.25) is 0 Å². The van der Waals surface area contributed by atoms with E-state index >= 15 is 0 Å². The summed E-state index contributed by atoms with van der Waals surface area (Å²) in [5.41, 5.74) is 1.20. The smallest absolute Gasteiger partial charge is 0.191 e. The van der Waals surface area contributed by atoms with Crippen molar-refractivity contribution in [3.8, 4) is 5.75 Å². The van der Waals surface area contributed by atoms with E-state index in [0.29, 0.717) is 25.5 Å². The average Bonchev–Trinajstić information content (AvgIpc) is 2.88. The zero-order valence-corrected chi connectivity index (χ0v) is 16.3. The summed E-state index contributed by atoms with van der Waals surface area (Å²) in [5, 5.41) is 6.33. The Morgan fingerprint density at radius 1 is 1.32 bits per heavy atom. The monoisotopic (exact) mass is 367 g/mol. The maximum Gasteiger partial charge on any atom is 0.191 e. The second kappa shape index (κ2) is 8.08. The van der Waals surface area contributed by atoms with Crippen LogP contribution in [0.2, 0.25) is 0 Å². The lowest BCUT2D eigenvalue weighted by Crippen LogP contribution is -2.45. The Balaban J connectivity index is 1.81. The summed E-state index contributed by atoms with van der Waals surface area (Å²) in [4.78, 5) is 4.14. The van der Waals surface area contributed by atoms with Crippen molar-refractivity contribution in [3.63, 3.8) is 0 Å². The standard InChI is InChI=1S/C18H29N3O3S/c1-18(2,3)15-7-5-6-8-16(15)24-11-10-20-17(19-4)21-14-9-12-25(22,23)13-14/h5-8,14H,9-13H2,1-4H3,(H2,19,20,21). The summed E-state index contributed by atoms with van der Waals surface area (Å²) in [7, 11) is -1.22. The first kappa shape index (κ1) is 19.6. The summed E-state index contributed by atoms with van der Waals surface area (Å²) >= 11 is 0. The van der Waals surface area contributed by atoms with Crippen molar-refractivity contribution in [3.05, 3.63) is 29.8 Å². The topological polar surface area (TPSA) is 79.8 Å². The number of nitrogens with zero attached hydrogens (tertiary/aromatic N) is 1. The zero-order chi connectivity index (χ0) is 18.5. The molecule has 1 aliphatic rings. The molecule has 25 heavy (non-hydrogen) atoms. The first-order chi connectivity index (χ1) is 11.7. The van der Waals surface area contributed by atoms with Gasteiger partial charge >= 0.3 is 0 Å². The molecular formula is C18H29N3O3S. The molecule has 2 rings (SSSR count). The molecule has 7 heteroatoms. The number of sulfone groups is 1. The van der Waals surface area contributed by atoms with Gasteiger partial charge in [-0.1, -0.05) is 39.0 Å². The van der Waals surface area contributed by atoms with Crippen LogP contribution in [0.1, 0.15) is 32.8 Å². The highest BCUT2D eigenvalue weighted by atomic mass is 32.2. The molecule has 1 fully saturated rings. The van der Waals surface area contributed by atoms with Crippen molar-refractivity contribution >= 4 is 15.8 Å². The van der Waals surface area contributed by atoms with Gasteiger partial charge in [0.25, 0.3) is 0 Å². The molecule has 1 aliphatic heterocycles. The molecule has 2 N–H and O–H groups in total. The summed E-state index contributed by atoms with van der Waals surface area (Å²) in [6.07, 6.45) is 0.624. The Morgan fingerprint density at radius 3 is 2.64 bits per heavy atom. The van der Waals surface area contributed by atoms with Gasteiger partial charge in [0.15, 0.2) is 15.8 Å². The van der Waals surface area contributed by atoms with E-state index in [1.54, 1.807) is 7.05 Å². The van der Waals surface area contributed by atoms with Crippen molar-refractivity contribution in [1.29, 1.82) is 0 Å². The normalized spacial score (nSPS) is 20.3. The fourth-order valence-electron chi connectivity index (χ4n) is 2.84. The highest BCUT2D eigenvalue weighted by molar-refractivity contribution is 7.91. The van der Waals surface area contributed by atoms with Gasteiger partial charge in [-0.25, -0.2) is 8.42 Å².